The Labute approximate surface area is 313 Å². The fourth-order valence-corrected chi connectivity index (χ4v) is 9.16. The molecule has 0 radical (unpaired) electrons. The molecule has 0 fully saturated rings. The summed E-state index contributed by atoms with van der Waals surface area (Å²) in [7, 11) is 0. The number of aromatic nitrogens is 2. The molecule has 0 unspecified atom stereocenters. The summed E-state index contributed by atoms with van der Waals surface area (Å²) in [5.41, 5.74) is 11.9. The fraction of sp³-hybridized carbons (Fsp3) is 0.0800. The Hall–Kier alpha value is -6.16. The molecule has 0 aliphatic heterocycles. The van der Waals surface area contributed by atoms with E-state index in [4.69, 9.17) is 9.97 Å². The molecule has 0 amide bonds. The molecule has 3 heteroatoms. The van der Waals surface area contributed by atoms with Gasteiger partial charge in [-0.3, -0.25) is 0 Å². The van der Waals surface area contributed by atoms with Crippen molar-refractivity contribution in [3.05, 3.63) is 169 Å². The van der Waals surface area contributed by atoms with Crippen molar-refractivity contribution in [2.24, 2.45) is 0 Å². The standard InChI is InChI=1S/C50H36N2S/c1-50(2,3)49-45(51-46-41-20-6-4-17-38(41)39-18-5-7-21-42(39)47(46)52-49)36-16-11-15-35(30-36)34-14-10-13-33(29-34)31-25-27-32(28-26-31)37-22-12-23-43-40-19-8-9-24-44(40)53-48(37)43/h4-30H,1-3H3. The van der Waals surface area contributed by atoms with Gasteiger partial charge in [-0.15, -0.1) is 11.3 Å². The van der Waals surface area contributed by atoms with Crippen LogP contribution in [0.5, 0.6) is 0 Å². The third kappa shape index (κ3) is 5.31. The molecule has 0 saturated carbocycles. The van der Waals surface area contributed by atoms with Gasteiger partial charge in [0.15, 0.2) is 0 Å². The van der Waals surface area contributed by atoms with Gasteiger partial charge in [-0.2, -0.15) is 0 Å². The number of fused-ring (bicyclic) bond motifs is 9. The molecule has 10 aromatic rings. The molecular weight excluding hydrogens is 661 g/mol. The number of hydrogen-bond donors (Lipinski definition) is 0. The smallest absolute Gasteiger partial charge is 0.0979 e. The number of benzene rings is 8. The zero-order chi connectivity index (χ0) is 35.7. The molecule has 0 N–H and O–H groups in total. The first-order valence-corrected chi connectivity index (χ1v) is 19.1. The van der Waals surface area contributed by atoms with Gasteiger partial charge in [-0.05, 0) is 62.4 Å². The van der Waals surface area contributed by atoms with Crippen LogP contribution in [0, 0.1) is 0 Å². The van der Waals surface area contributed by atoms with E-state index in [1.165, 1.54) is 58.8 Å². The van der Waals surface area contributed by atoms with Gasteiger partial charge in [0.05, 0.1) is 22.4 Å². The Kier molecular flexibility index (Phi) is 7.28. The lowest BCUT2D eigenvalue weighted by Gasteiger charge is -2.23. The molecule has 0 aliphatic carbocycles. The summed E-state index contributed by atoms with van der Waals surface area (Å²) >= 11 is 1.88. The summed E-state index contributed by atoms with van der Waals surface area (Å²) < 4.78 is 2.67. The van der Waals surface area contributed by atoms with Crippen molar-refractivity contribution >= 4 is 64.1 Å². The maximum Gasteiger partial charge on any atom is 0.0979 e. The highest BCUT2D eigenvalue weighted by Gasteiger charge is 2.25. The van der Waals surface area contributed by atoms with E-state index in [1.54, 1.807) is 0 Å². The highest BCUT2D eigenvalue weighted by Crippen LogP contribution is 2.41. The predicted molar refractivity (Wildman–Crippen MR) is 228 cm³/mol. The summed E-state index contributed by atoms with van der Waals surface area (Å²) in [6.45, 7) is 6.70. The third-order valence-corrected chi connectivity index (χ3v) is 11.7. The Bertz CT molecular complexity index is 3040. The van der Waals surface area contributed by atoms with E-state index < -0.39 is 0 Å². The van der Waals surface area contributed by atoms with E-state index >= 15 is 0 Å². The number of thiophene rings is 1. The molecule has 2 heterocycles. The normalized spacial score (nSPS) is 12.1. The van der Waals surface area contributed by atoms with Crippen LogP contribution in [-0.4, -0.2) is 9.97 Å². The van der Waals surface area contributed by atoms with Crippen LogP contribution < -0.4 is 0 Å². The van der Waals surface area contributed by atoms with Gasteiger partial charge >= 0.3 is 0 Å². The van der Waals surface area contributed by atoms with Crippen LogP contribution in [0.25, 0.3) is 97.4 Å². The van der Waals surface area contributed by atoms with Crippen molar-refractivity contribution in [2.45, 2.75) is 26.2 Å². The molecule has 252 valence electrons. The second-order valence-corrected chi connectivity index (χ2v) is 16.0. The summed E-state index contributed by atoms with van der Waals surface area (Å²) in [6, 6.07) is 59.3. The van der Waals surface area contributed by atoms with E-state index in [-0.39, 0.29) is 5.41 Å². The molecular formula is C50H36N2S. The molecule has 2 aromatic heterocycles. The van der Waals surface area contributed by atoms with Crippen LogP contribution in [0.4, 0.5) is 0 Å². The summed E-state index contributed by atoms with van der Waals surface area (Å²) in [5, 5.41) is 7.34. The SMILES string of the molecule is CC(C)(C)c1nc2c3ccccc3c3ccccc3c2nc1-c1cccc(-c2cccc(-c3ccc(-c4cccc5c4sc4ccccc45)cc3)c2)c1. The molecule has 0 spiro atoms. The summed E-state index contributed by atoms with van der Waals surface area (Å²) in [4.78, 5) is 10.9. The largest absolute Gasteiger partial charge is 0.248 e. The number of rotatable bonds is 4. The zero-order valence-corrected chi connectivity index (χ0v) is 30.7. The minimum absolute atomic E-state index is 0.214. The van der Waals surface area contributed by atoms with Gasteiger partial charge in [0.1, 0.15) is 0 Å². The van der Waals surface area contributed by atoms with Gasteiger partial charge in [0.25, 0.3) is 0 Å². The molecule has 0 saturated heterocycles. The predicted octanol–water partition coefficient (Wildman–Crippen LogP) is 14.3. The minimum atomic E-state index is -0.214. The number of hydrogen-bond acceptors (Lipinski definition) is 3. The maximum atomic E-state index is 5.49. The van der Waals surface area contributed by atoms with Gasteiger partial charge < -0.3 is 0 Å². The zero-order valence-electron chi connectivity index (χ0n) is 29.9. The van der Waals surface area contributed by atoms with Gasteiger partial charge in [0.2, 0.25) is 0 Å². The quantitative estimate of drug-likeness (QED) is 0.171. The minimum Gasteiger partial charge on any atom is -0.248 e. The first-order valence-electron chi connectivity index (χ1n) is 18.2. The van der Waals surface area contributed by atoms with Crippen molar-refractivity contribution in [1.29, 1.82) is 0 Å². The Morgan fingerprint density at radius 1 is 0.396 bits per heavy atom. The van der Waals surface area contributed by atoms with E-state index in [2.05, 4.69) is 185 Å². The molecule has 2 nitrogen and oxygen atoms in total. The molecule has 0 aliphatic rings. The van der Waals surface area contributed by atoms with Crippen molar-refractivity contribution < 1.29 is 0 Å². The number of nitrogens with zero attached hydrogens (tertiary/aromatic N) is 2. The average Bonchev–Trinajstić information content (AvgIpc) is 3.59. The van der Waals surface area contributed by atoms with E-state index in [0.717, 1.165) is 44.3 Å². The highest BCUT2D eigenvalue weighted by molar-refractivity contribution is 7.26. The first kappa shape index (κ1) is 31.6. The molecule has 0 atom stereocenters. The molecule has 0 bridgehead atoms. The van der Waals surface area contributed by atoms with Gasteiger partial charge in [-0.1, -0.05) is 166 Å². The van der Waals surface area contributed by atoms with Crippen LogP contribution in [0.2, 0.25) is 0 Å². The van der Waals surface area contributed by atoms with Crippen LogP contribution >= 0.6 is 11.3 Å². The van der Waals surface area contributed by atoms with E-state index in [0.29, 0.717) is 0 Å². The highest BCUT2D eigenvalue weighted by atomic mass is 32.1. The van der Waals surface area contributed by atoms with Crippen LogP contribution in [0.3, 0.4) is 0 Å². The monoisotopic (exact) mass is 696 g/mol. The van der Waals surface area contributed by atoms with E-state index in [9.17, 15) is 0 Å². The first-order chi connectivity index (χ1) is 25.9. The van der Waals surface area contributed by atoms with Crippen LogP contribution in [0.1, 0.15) is 26.5 Å². The van der Waals surface area contributed by atoms with Crippen molar-refractivity contribution in [1.82, 2.24) is 9.97 Å². The maximum absolute atomic E-state index is 5.49. The Morgan fingerprint density at radius 2 is 0.887 bits per heavy atom. The Morgan fingerprint density at radius 3 is 1.55 bits per heavy atom. The van der Waals surface area contributed by atoms with Crippen LogP contribution in [0.15, 0.2) is 164 Å². The molecule has 53 heavy (non-hydrogen) atoms. The van der Waals surface area contributed by atoms with Crippen molar-refractivity contribution in [2.75, 3.05) is 0 Å². The summed E-state index contributed by atoms with van der Waals surface area (Å²) in [5.74, 6) is 0. The molecule has 8 aromatic carbocycles. The van der Waals surface area contributed by atoms with E-state index in [1.807, 2.05) is 11.3 Å². The van der Waals surface area contributed by atoms with Gasteiger partial charge in [0, 0.05) is 41.9 Å². The lowest BCUT2D eigenvalue weighted by molar-refractivity contribution is 0.571. The average molecular weight is 697 g/mol. The van der Waals surface area contributed by atoms with Crippen LogP contribution in [-0.2, 0) is 5.41 Å². The fourth-order valence-electron chi connectivity index (χ4n) is 7.93. The van der Waals surface area contributed by atoms with Crippen molar-refractivity contribution in [3.8, 4) is 44.6 Å². The third-order valence-electron chi connectivity index (χ3n) is 10.5. The van der Waals surface area contributed by atoms with Gasteiger partial charge in [-0.25, -0.2) is 9.97 Å². The summed E-state index contributed by atoms with van der Waals surface area (Å²) in [6.07, 6.45) is 0. The second-order valence-electron chi connectivity index (χ2n) is 15.0. The molecule has 10 rings (SSSR count). The Balaban J connectivity index is 1.05. The topological polar surface area (TPSA) is 25.8 Å². The van der Waals surface area contributed by atoms with Crippen molar-refractivity contribution in [3.63, 3.8) is 0 Å². The second kappa shape index (κ2) is 12.2. The lowest BCUT2D eigenvalue weighted by atomic mass is 9.87. The lowest BCUT2D eigenvalue weighted by Crippen LogP contribution is -2.16.